The number of hydrogen-bond donors (Lipinski definition) is 2. The lowest BCUT2D eigenvalue weighted by molar-refractivity contribution is 0.221. The third-order valence-electron chi connectivity index (χ3n) is 4.64. The van der Waals surface area contributed by atoms with Crippen molar-refractivity contribution in [2.45, 2.75) is 39.7 Å². The molecular weight excluding hydrogens is 316 g/mol. The van der Waals surface area contributed by atoms with Crippen molar-refractivity contribution in [1.29, 1.82) is 0 Å². The average molecular weight is 342 g/mol. The molecule has 0 radical (unpaired) electrons. The highest BCUT2D eigenvalue weighted by atomic mass is 16.5. The fraction of sp³-hybridized carbons (Fsp3) is 0.474. The van der Waals surface area contributed by atoms with Gasteiger partial charge in [-0.3, -0.25) is 0 Å². The third-order valence-corrected chi connectivity index (χ3v) is 4.64. The van der Waals surface area contributed by atoms with E-state index in [0.717, 1.165) is 35.5 Å². The van der Waals surface area contributed by atoms with E-state index in [0.29, 0.717) is 6.54 Å². The second-order valence-corrected chi connectivity index (χ2v) is 7.26. The van der Waals surface area contributed by atoms with E-state index in [9.17, 15) is 4.79 Å². The van der Waals surface area contributed by atoms with Gasteiger partial charge < -0.3 is 15.4 Å². The molecule has 1 aromatic carbocycles. The number of amides is 2. The molecule has 1 aliphatic rings. The first-order valence-electron chi connectivity index (χ1n) is 8.69. The van der Waals surface area contributed by atoms with E-state index in [-0.39, 0.29) is 17.5 Å². The molecule has 1 aliphatic carbocycles. The number of fused-ring (bicyclic) bond motifs is 1. The Morgan fingerprint density at radius 3 is 2.72 bits per heavy atom. The molecule has 0 saturated heterocycles. The zero-order chi connectivity index (χ0) is 18.0. The first-order chi connectivity index (χ1) is 11.9. The van der Waals surface area contributed by atoms with Crippen LogP contribution in [0.1, 0.15) is 44.5 Å². The summed E-state index contributed by atoms with van der Waals surface area (Å²) < 4.78 is 7.21. The van der Waals surface area contributed by atoms with Gasteiger partial charge in [0.15, 0.2) is 0 Å². The highest BCUT2D eigenvalue weighted by Gasteiger charge is 2.35. The van der Waals surface area contributed by atoms with Gasteiger partial charge in [0.1, 0.15) is 5.75 Å². The van der Waals surface area contributed by atoms with Gasteiger partial charge in [-0.1, -0.05) is 13.8 Å². The van der Waals surface area contributed by atoms with E-state index >= 15 is 0 Å². The second-order valence-electron chi connectivity index (χ2n) is 7.26. The third kappa shape index (κ3) is 3.62. The summed E-state index contributed by atoms with van der Waals surface area (Å²) in [6.45, 7) is 6.98. The fourth-order valence-electron chi connectivity index (χ4n) is 3.49. The number of benzene rings is 1. The Balaban J connectivity index is 1.94. The van der Waals surface area contributed by atoms with Crippen LogP contribution < -0.4 is 15.4 Å². The smallest absolute Gasteiger partial charge is 0.315 e. The number of nitrogens with zero attached hydrogens (tertiary/aromatic N) is 2. The number of carbonyl (C=O) groups is 1. The summed E-state index contributed by atoms with van der Waals surface area (Å²) >= 11 is 0. The Bertz CT molecular complexity index is 749. The van der Waals surface area contributed by atoms with Crippen LogP contribution in [-0.2, 0) is 6.42 Å². The van der Waals surface area contributed by atoms with E-state index in [2.05, 4.69) is 29.6 Å². The molecule has 0 spiro atoms. The van der Waals surface area contributed by atoms with Gasteiger partial charge in [0.25, 0.3) is 0 Å². The summed E-state index contributed by atoms with van der Waals surface area (Å²) in [6, 6.07) is 7.70. The number of urea groups is 1. The molecule has 0 aliphatic heterocycles. The Morgan fingerprint density at radius 2 is 2.08 bits per heavy atom. The van der Waals surface area contributed by atoms with Gasteiger partial charge in [0.2, 0.25) is 0 Å². The van der Waals surface area contributed by atoms with Crippen molar-refractivity contribution in [1.82, 2.24) is 20.4 Å². The predicted molar refractivity (Wildman–Crippen MR) is 97.2 cm³/mol. The van der Waals surface area contributed by atoms with Crippen LogP contribution in [0.25, 0.3) is 5.69 Å². The van der Waals surface area contributed by atoms with Crippen molar-refractivity contribution in [2.24, 2.45) is 5.41 Å². The van der Waals surface area contributed by atoms with Crippen molar-refractivity contribution in [3.8, 4) is 11.4 Å². The highest BCUT2D eigenvalue weighted by molar-refractivity contribution is 5.74. The number of nitrogens with one attached hydrogen (secondary N) is 2. The van der Waals surface area contributed by atoms with E-state index in [1.165, 1.54) is 0 Å². The summed E-state index contributed by atoms with van der Waals surface area (Å²) in [4.78, 5) is 12.0. The maximum absolute atomic E-state index is 12.0. The zero-order valence-electron chi connectivity index (χ0n) is 15.3. The molecule has 2 aromatic rings. The predicted octanol–water partition coefficient (Wildman–Crippen LogP) is 3.21. The topological polar surface area (TPSA) is 68.2 Å². The summed E-state index contributed by atoms with van der Waals surface area (Å²) in [5.74, 6) is 0.820. The van der Waals surface area contributed by atoms with Crippen molar-refractivity contribution < 1.29 is 9.53 Å². The Kier molecular flexibility index (Phi) is 4.70. The maximum atomic E-state index is 12.0. The number of hydrogen-bond acceptors (Lipinski definition) is 3. The summed E-state index contributed by atoms with van der Waals surface area (Å²) in [5.41, 5.74) is 3.34. The van der Waals surface area contributed by atoms with Gasteiger partial charge in [-0.05, 0) is 49.4 Å². The molecule has 0 saturated carbocycles. The second kappa shape index (κ2) is 6.78. The molecule has 6 nitrogen and oxygen atoms in total. The monoisotopic (exact) mass is 342 g/mol. The van der Waals surface area contributed by atoms with Crippen LogP contribution in [0.3, 0.4) is 0 Å². The van der Waals surface area contributed by atoms with Crippen LogP contribution in [0, 0.1) is 5.41 Å². The molecule has 2 N–H and O–H groups in total. The molecule has 6 heteroatoms. The summed E-state index contributed by atoms with van der Waals surface area (Å²) in [6.07, 6.45) is 3.69. The van der Waals surface area contributed by atoms with E-state index < -0.39 is 0 Å². The Morgan fingerprint density at radius 1 is 1.36 bits per heavy atom. The van der Waals surface area contributed by atoms with Crippen LogP contribution in [0.15, 0.2) is 30.5 Å². The summed E-state index contributed by atoms with van der Waals surface area (Å²) in [5, 5.41) is 10.5. The molecule has 2 amide bonds. The molecule has 1 atom stereocenters. The summed E-state index contributed by atoms with van der Waals surface area (Å²) in [7, 11) is 1.66. The quantitative estimate of drug-likeness (QED) is 0.896. The number of carbonyl (C=O) groups excluding carboxylic acids is 1. The van der Waals surface area contributed by atoms with Crippen molar-refractivity contribution in [3.05, 3.63) is 41.7 Å². The molecule has 3 rings (SSSR count). The van der Waals surface area contributed by atoms with Crippen molar-refractivity contribution in [2.75, 3.05) is 13.7 Å². The molecule has 134 valence electrons. The van der Waals surface area contributed by atoms with E-state index in [1.54, 1.807) is 7.11 Å². The number of aromatic nitrogens is 2. The lowest BCUT2D eigenvalue weighted by atomic mass is 9.74. The fourth-order valence-corrected chi connectivity index (χ4v) is 3.49. The van der Waals surface area contributed by atoms with Crippen molar-refractivity contribution in [3.63, 3.8) is 0 Å². The van der Waals surface area contributed by atoms with Crippen LogP contribution >= 0.6 is 0 Å². The van der Waals surface area contributed by atoms with Gasteiger partial charge in [-0.25, -0.2) is 9.48 Å². The van der Waals surface area contributed by atoms with Gasteiger partial charge in [-0.15, -0.1) is 0 Å². The average Bonchev–Trinajstić information content (AvgIpc) is 2.97. The lowest BCUT2D eigenvalue weighted by Crippen LogP contribution is -2.41. The molecule has 1 aromatic heterocycles. The van der Waals surface area contributed by atoms with E-state index in [4.69, 9.17) is 4.74 Å². The maximum Gasteiger partial charge on any atom is 0.315 e. The normalized spacial score (nSPS) is 18.3. The van der Waals surface area contributed by atoms with Gasteiger partial charge >= 0.3 is 6.03 Å². The first-order valence-corrected chi connectivity index (χ1v) is 8.69. The number of methoxy groups -OCH3 is 1. The first kappa shape index (κ1) is 17.3. The molecule has 1 heterocycles. The minimum Gasteiger partial charge on any atom is -0.497 e. The molecular formula is C19H26N4O2. The van der Waals surface area contributed by atoms with Gasteiger partial charge in [0, 0.05) is 12.1 Å². The van der Waals surface area contributed by atoms with Crippen LogP contribution in [0.4, 0.5) is 4.79 Å². The zero-order valence-corrected chi connectivity index (χ0v) is 15.3. The number of ether oxygens (including phenoxy) is 1. The minimum absolute atomic E-state index is 0.0303. The molecule has 25 heavy (non-hydrogen) atoms. The van der Waals surface area contributed by atoms with E-state index in [1.807, 2.05) is 42.1 Å². The van der Waals surface area contributed by atoms with Crippen LogP contribution in [-0.4, -0.2) is 29.5 Å². The molecule has 1 unspecified atom stereocenters. The molecule has 0 fully saturated rings. The van der Waals surface area contributed by atoms with Crippen molar-refractivity contribution >= 4 is 6.03 Å². The van der Waals surface area contributed by atoms with Gasteiger partial charge in [-0.2, -0.15) is 5.10 Å². The van der Waals surface area contributed by atoms with Crippen LogP contribution in [0.2, 0.25) is 0 Å². The van der Waals surface area contributed by atoms with Crippen LogP contribution in [0.5, 0.6) is 5.75 Å². The molecule has 0 bridgehead atoms. The van der Waals surface area contributed by atoms with Gasteiger partial charge in [0.05, 0.1) is 30.7 Å². The minimum atomic E-state index is -0.131. The SMILES string of the molecule is CCNC(=O)NC1CC(C)(C)Cc2c1cnn2-c1ccc(OC)cc1. The largest absolute Gasteiger partial charge is 0.497 e. The lowest BCUT2D eigenvalue weighted by Gasteiger charge is -2.35. The standard InChI is InChI=1S/C19H26N4O2/c1-5-20-18(24)22-16-10-19(2,3)11-17-15(16)12-21-23(17)13-6-8-14(25-4)9-7-13/h6-9,12,16H,5,10-11H2,1-4H3,(H2,20,22,24). The Hall–Kier alpha value is -2.50. The Labute approximate surface area is 148 Å². The number of rotatable bonds is 4. The highest BCUT2D eigenvalue weighted by Crippen LogP contribution is 2.41.